The van der Waals surface area contributed by atoms with E-state index < -0.39 is 0 Å². The quantitative estimate of drug-likeness (QED) is 0.760. The number of amides is 1. The Labute approximate surface area is 179 Å². The van der Waals surface area contributed by atoms with Gasteiger partial charge in [-0.3, -0.25) is 14.7 Å². The van der Waals surface area contributed by atoms with Crippen LogP contribution in [0.5, 0.6) is 0 Å². The van der Waals surface area contributed by atoms with Crippen LogP contribution in [0.2, 0.25) is 0 Å². The monoisotopic (exact) mass is 432 g/mol. The molecular formula is C19H27Cl3N4O. The molecule has 8 heteroatoms. The van der Waals surface area contributed by atoms with E-state index >= 15 is 0 Å². The number of pyridine rings is 1. The molecule has 0 spiro atoms. The van der Waals surface area contributed by atoms with Crippen LogP contribution in [0.3, 0.4) is 0 Å². The van der Waals surface area contributed by atoms with Crippen LogP contribution in [0.15, 0.2) is 54.9 Å². The standard InChI is InChI=1S/C19H24N4O.3ClH/c24-19(16-21-18-4-2-1-3-5-18)23-14-12-22(13-15-23)11-8-17-6-9-20-10-7-17;;;/h1-7,9-10,21H,8,11-16H2;3*1H. The maximum atomic E-state index is 12.3. The lowest BCUT2D eigenvalue weighted by Gasteiger charge is -2.34. The topological polar surface area (TPSA) is 48.5 Å². The van der Waals surface area contributed by atoms with Gasteiger partial charge in [-0.25, -0.2) is 0 Å². The maximum absolute atomic E-state index is 12.3. The molecular weight excluding hydrogens is 407 g/mol. The van der Waals surface area contributed by atoms with Gasteiger partial charge in [-0.05, 0) is 36.2 Å². The largest absolute Gasteiger partial charge is 0.376 e. The van der Waals surface area contributed by atoms with Crippen molar-refractivity contribution >= 4 is 48.8 Å². The third-order valence-corrected chi connectivity index (χ3v) is 4.41. The van der Waals surface area contributed by atoms with Crippen LogP contribution < -0.4 is 5.32 Å². The van der Waals surface area contributed by atoms with Gasteiger partial charge in [0, 0.05) is 50.8 Å². The van der Waals surface area contributed by atoms with Crippen LogP contribution in [0.1, 0.15) is 5.56 Å². The lowest BCUT2D eigenvalue weighted by atomic mass is 10.2. The zero-order chi connectivity index (χ0) is 16.6. The Kier molecular flexibility index (Phi) is 12.8. The zero-order valence-electron chi connectivity index (χ0n) is 15.1. The second-order valence-electron chi connectivity index (χ2n) is 6.05. The van der Waals surface area contributed by atoms with Crippen LogP contribution in [-0.2, 0) is 11.2 Å². The van der Waals surface area contributed by atoms with Crippen LogP contribution >= 0.6 is 37.2 Å². The molecule has 3 rings (SSSR count). The average molecular weight is 434 g/mol. The molecule has 1 aromatic heterocycles. The molecule has 0 saturated carbocycles. The van der Waals surface area contributed by atoms with Crippen molar-refractivity contribution in [1.82, 2.24) is 14.8 Å². The molecule has 1 aromatic carbocycles. The molecule has 1 aliphatic rings. The minimum absolute atomic E-state index is 0. The van der Waals surface area contributed by atoms with E-state index in [1.807, 2.05) is 47.6 Å². The molecule has 0 unspecified atom stereocenters. The molecule has 27 heavy (non-hydrogen) atoms. The molecule has 1 aliphatic heterocycles. The van der Waals surface area contributed by atoms with Crippen LogP contribution in [0, 0.1) is 0 Å². The fourth-order valence-corrected chi connectivity index (χ4v) is 2.90. The number of para-hydroxylation sites is 1. The van der Waals surface area contributed by atoms with Gasteiger partial charge in [-0.2, -0.15) is 0 Å². The van der Waals surface area contributed by atoms with Crippen molar-refractivity contribution in [2.24, 2.45) is 0 Å². The van der Waals surface area contributed by atoms with Gasteiger partial charge in [0.1, 0.15) is 0 Å². The van der Waals surface area contributed by atoms with E-state index in [0.29, 0.717) is 6.54 Å². The van der Waals surface area contributed by atoms with Crippen LogP contribution in [-0.4, -0.2) is 60.0 Å². The number of carbonyl (C=O) groups is 1. The first-order valence-electron chi connectivity index (χ1n) is 8.49. The summed E-state index contributed by atoms with van der Waals surface area (Å²) in [5.74, 6) is 0.174. The number of nitrogens with zero attached hydrogens (tertiary/aromatic N) is 3. The summed E-state index contributed by atoms with van der Waals surface area (Å²) in [5.41, 5.74) is 2.30. The van der Waals surface area contributed by atoms with Gasteiger partial charge in [0.2, 0.25) is 5.91 Å². The van der Waals surface area contributed by atoms with Crippen molar-refractivity contribution in [1.29, 1.82) is 0 Å². The second kappa shape index (κ2) is 13.6. The number of anilines is 1. The first kappa shape index (κ1) is 25.5. The molecule has 1 N–H and O–H groups in total. The molecule has 1 amide bonds. The normalized spacial score (nSPS) is 13.6. The van der Waals surface area contributed by atoms with E-state index in [9.17, 15) is 4.79 Å². The van der Waals surface area contributed by atoms with Gasteiger partial charge in [-0.15, -0.1) is 37.2 Å². The Morgan fingerprint density at radius 3 is 2.19 bits per heavy atom. The minimum atomic E-state index is 0. The van der Waals surface area contributed by atoms with Crippen molar-refractivity contribution in [2.45, 2.75) is 6.42 Å². The summed E-state index contributed by atoms with van der Waals surface area (Å²) in [6.45, 7) is 4.91. The predicted molar refractivity (Wildman–Crippen MR) is 118 cm³/mol. The first-order chi connectivity index (χ1) is 11.8. The third kappa shape index (κ3) is 8.35. The SMILES string of the molecule is Cl.Cl.Cl.O=C(CNc1ccccc1)N1CCN(CCc2ccncc2)CC1. The predicted octanol–water partition coefficient (Wildman–Crippen LogP) is 3.15. The Bertz CT molecular complexity index is 638. The van der Waals surface area contributed by atoms with Crippen LogP contribution in [0.25, 0.3) is 0 Å². The lowest BCUT2D eigenvalue weighted by Crippen LogP contribution is -2.50. The van der Waals surface area contributed by atoms with E-state index in [0.717, 1.165) is 44.8 Å². The molecule has 5 nitrogen and oxygen atoms in total. The minimum Gasteiger partial charge on any atom is -0.376 e. The van der Waals surface area contributed by atoms with Crippen molar-refractivity contribution in [3.63, 3.8) is 0 Å². The molecule has 0 atom stereocenters. The molecule has 150 valence electrons. The highest BCUT2D eigenvalue weighted by atomic mass is 35.5. The maximum Gasteiger partial charge on any atom is 0.241 e. The smallest absolute Gasteiger partial charge is 0.241 e. The number of piperazine rings is 1. The number of hydrogen-bond donors (Lipinski definition) is 1. The summed E-state index contributed by atoms with van der Waals surface area (Å²) in [6.07, 6.45) is 4.71. The molecule has 0 bridgehead atoms. The average Bonchev–Trinajstić information content (AvgIpc) is 2.66. The molecule has 2 aromatic rings. The summed E-state index contributed by atoms with van der Waals surface area (Å²) in [4.78, 5) is 20.7. The molecule has 1 saturated heterocycles. The van der Waals surface area contributed by atoms with Gasteiger partial charge in [0.15, 0.2) is 0 Å². The van der Waals surface area contributed by atoms with Crippen molar-refractivity contribution in [3.05, 3.63) is 60.4 Å². The van der Waals surface area contributed by atoms with Crippen molar-refractivity contribution < 1.29 is 4.79 Å². The molecule has 2 heterocycles. The lowest BCUT2D eigenvalue weighted by molar-refractivity contribution is -0.131. The van der Waals surface area contributed by atoms with Crippen molar-refractivity contribution in [3.8, 4) is 0 Å². The van der Waals surface area contributed by atoms with Gasteiger partial charge < -0.3 is 10.2 Å². The highest BCUT2D eigenvalue weighted by Gasteiger charge is 2.20. The fraction of sp³-hybridized carbons (Fsp3) is 0.368. The Morgan fingerprint density at radius 1 is 0.926 bits per heavy atom. The number of nitrogens with one attached hydrogen (secondary N) is 1. The highest BCUT2D eigenvalue weighted by molar-refractivity contribution is 5.86. The third-order valence-electron chi connectivity index (χ3n) is 4.41. The highest BCUT2D eigenvalue weighted by Crippen LogP contribution is 2.07. The summed E-state index contributed by atoms with van der Waals surface area (Å²) >= 11 is 0. The number of rotatable bonds is 6. The summed E-state index contributed by atoms with van der Waals surface area (Å²) in [6, 6.07) is 14.0. The van der Waals surface area contributed by atoms with Crippen molar-refractivity contribution in [2.75, 3.05) is 44.6 Å². The zero-order valence-corrected chi connectivity index (χ0v) is 17.6. The summed E-state index contributed by atoms with van der Waals surface area (Å²) < 4.78 is 0. The number of benzene rings is 1. The Hall–Kier alpha value is -1.53. The molecule has 0 aliphatic carbocycles. The number of aromatic nitrogens is 1. The molecule has 0 radical (unpaired) electrons. The van der Waals surface area contributed by atoms with Gasteiger partial charge in [0.25, 0.3) is 0 Å². The number of hydrogen-bond acceptors (Lipinski definition) is 4. The summed E-state index contributed by atoms with van der Waals surface area (Å²) in [5, 5.41) is 3.19. The van der Waals surface area contributed by atoms with E-state index in [-0.39, 0.29) is 43.1 Å². The second-order valence-corrected chi connectivity index (χ2v) is 6.05. The van der Waals surface area contributed by atoms with E-state index in [4.69, 9.17) is 0 Å². The van der Waals surface area contributed by atoms with Gasteiger partial charge >= 0.3 is 0 Å². The van der Waals surface area contributed by atoms with E-state index in [1.165, 1.54) is 5.56 Å². The molecule has 1 fully saturated rings. The Balaban J connectivity index is 0.00000225. The number of halogens is 3. The van der Waals surface area contributed by atoms with Gasteiger partial charge in [-0.1, -0.05) is 18.2 Å². The summed E-state index contributed by atoms with van der Waals surface area (Å²) in [7, 11) is 0. The number of carbonyl (C=O) groups excluding carboxylic acids is 1. The van der Waals surface area contributed by atoms with Crippen LogP contribution in [0.4, 0.5) is 5.69 Å². The van der Waals surface area contributed by atoms with E-state index in [2.05, 4.69) is 27.3 Å². The fourth-order valence-electron chi connectivity index (χ4n) is 2.90. The van der Waals surface area contributed by atoms with E-state index in [1.54, 1.807) is 0 Å². The Morgan fingerprint density at radius 2 is 1.56 bits per heavy atom. The first-order valence-corrected chi connectivity index (χ1v) is 8.49. The van der Waals surface area contributed by atoms with Gasteiger partial charge in [0.05, 0.1) is 6.54 Å².